The maximum atomic E-state index is 10.5. The van der Waals surface area contributed by atoms with Crippen molar-refractivity contribution in [2.45, 2.75) is 18.6 Å². The second kappa shape index (κ2) is 7.80. The summed E-state index contributed by atoms with van der Waals surface area (Å²) in [5, 5.41) is 13.6. The largest absolute Gasteiger partial charge is 0.378 e. The number of aliphatic hydroxyl groups is 1. The zero-order valence-corrected chi connectivity index (χ0v) is 11.6. The van der Waals surface area contributed by atoms with Gasteiger partial charge < -0.3 is 10.8 Å². The molecule has 2 aromatic carbocycles. The van der Waals surface area contributed by atoms with Crippen LogP contribution in [0.2, 0.25) is 0 Å². The minimum absolute atomic E-state index is 0.0739. The molecule has 2 aromatic rings. The van der Waals surface area contributed by atoms with Crippen LogP contribution in [-0.4, -0.2) is 24.4 Å². The molecule has 1 unspecified atom stereocenters. The van der Waals surface area contributed by atoms with Gasteiger partial charge in [0.1, 0.15) is 6.23 Å². The van der Waals surface area contributed by atoms with E-state index in [0.717, 1.165) is 17.5 Å². The first kappa shape index (κ1) is 14.7. The molecule has 0 bridgehead atoms. The molecule has 20 heavy (non-hydrogen) atoms. The fourth-order valence-electron chi connectivity index (χ4n) is 2.35. The number of aliphatic hydroxyl groups excluding tert-OH is 1. The number of rotatable bonds is 7. The molecular weight excluding hydrogens is 248 g/mol. The normalized spacial score (nSPS) is 12.6. The van der Waals surface area contributed by atoms with Crippen LogP contribution in [0.4, 0.5) is 0 Å². The fourth-order valence-corrected chi connectivity index (χ4v) is 2.35. The molecule has 0 spiro atoms. The predicted octanol–water partition coefficient (Wildman–Crippen LogP) is 2.08. The fraction of sp³-hybridized carbons (Fsp3) is 0.294. The van der Waals surface area contributed by atoms with Gasteiger partial charge >= 0.3 is 0 Å². The van der Waals surface area contributed by atoms with Gasteiger partial charge in [-0.05, 0) is 30.6 Å². The van der Waals surface area contributed by atoms with Gasteiger partial charge in [0.15, 0.2) is 0 Å². The van der Waals surface area contributed by atoms with Crippen LogP contribution in [-0.2, 0) is 0 Å². The van der Waals surface area contributed by atoms with Crippen LogP contribution in [0.15, 0.2) is 60.7 Å². The maximum absolute atomic E-state index is 10.5. The molecule has 0 heterocycles. The Bertz CT molecular complexity index is 447. The van der Waals surface area contributed by atoms with Crippen molar-refractivity contribution in [3.05, 3.63) is 71.8 Å². The molecule has 3 nitrogen and oxygen atoms in total. The molecule has 1 atom stereocenters. The SMILES string of the molecule is NCCCNC(O)C(c1ccccc1)c1ccccc1. The van der Waals surface area contributed by atoms with Gasteiger partial charge in [0, 0.05) is 5.92 Å². The van der Waals surface area contributed by atoms with E-state index in [2.05, 4.69) is 5.32 Å². The van der Waals surface area contributed by atoms with E-state index in [9.17, 15) is 5.11 Å². The first-order valence-electron chi connectivity index (χ1n) is 7.04. The van der Waals surface area contributed by atoms with Crippen molar-refractivity contribution in [2.75, 3.05) is 13.1 Å². The number of benzene rings is 2. The highest BCUT2D eigenvalue weighted by molar-refractivity contribution is 5.33. The van der Waals surface area contributed by atoms with Crippen molar-refractivity contribution >= 4 is 0 Å². The Morgan fingerprint density at radius 1 is 0.900 bits per heavy atom. The Balaban J connectivity index is 2.21. The van der Waals surface area contributed by atoms with Gasteiger partial charge in [-0.1, -0.05) is 60.7 Å². The van der Waals surface area contributed by atoms with Gasteiger partial charge in [0.2, 0.25) is 0 Å². The summed E-state index contributed by atoms with van der Waals surface area (Å²) in [4.78, 5) is 0. The molecule has 0 amide bonds. The third-order valence-corrected chi connectivity index (χ3v) is 3.37. The standard InChI is InChI=1S/C17H22N2O/c18-12-7-13-19-17(20)16(14-8-3-1-4-9-14)15-10-5-2-6-11-15/h1-6,8-11,16-17,19-20H,7,12-13,18H2. The third-order valence-electron chi connectivity index (χ3n) is 3.37. The van der Waals surface area contributed by atoms with Gasteiger partial charge in [-0.2, -0.15) is 0 Å². The summed E-state index contributed by atoms with van der Waals surface area (Å²) < 4.78 is 0. The highest BCUT2D eigenvalue weighted by Gasteiger charge is 2.22. The summed E-state index contributed by atoms with van der Waals surface area (Å²) in [5.74, 6) is -0.0739. The molecule has 0 aliphatic carbocycles. The summed E-state index contributed by atoms with van der Waals surface area (Å²) in [6, 6.07) is 20.2. The summed E-state index contributed by atoms with van der Waals surface area (Å²) >= 11 is 0. The van der Waals surface area contributed by atoms with E-state index in [-0.39, 0.29) is 5.92 Å². The molecular formula is C17H22N2O. The molecule has 106 valence electrons. The van der Waals surface area contributed by atoms with Crippen molar-refractivity contribution in [1.29, 1.82) is 0 Å². The number of nitrogens with one attached hydrogen (secondary N) is 1. The minimum Gasteiger partial charge on any atom is -0.378 e. The smallest absolute Gasteiger partial charge is 0.115 e. The van der Waals surface area contributed by atoms with E-state index in [4.69, 9.17) is 5.73 Å². The van der Waals surface area contributed by atoms with Crippen molar-refractivity contribution in [1.82, 2.24) is 5.32 Å². The van der Waals surface area contributed by atoms with Gasteiger partial charge in [-0.15, -0.1) is 0 Å². The molecule has 0 aliphatic heterocycles. The van der Waals surface area contributed by atoms with Gasteiger partial charge in [0.25, 0.3) is 0 Å². The van der Waals surface area contributed by atoms with E-state index in [1.807, 2.05) is 60.7 Å². The van der Waals surface area contributed by atoms with Crippen LogP contribution in [0, 0.1) is 0 Å². The molecule has 3 heteroatoms. The molecule has 0 radical (unpaired) electrons. The van der Waals surface area contributed by atoms with Gasteiger partial charge in [0.05, 0.1) is 0 Å². The van der Waals surface area contributed by atoms with Crippen LogP contribution < -0.4 is 11.1 Å². The average Bonchev–Trinajstić information content (AvgIpc) is 2.50. The lowest BCUT2D eigenvalue weighted by molar-refractivity contribution is 0.120. The van der Waals surface area contributed by atoms with Crippen molar-refractivity contribution in [3.8, 4) is 0 Å². The Hall–Kier alpha value is -1.68. The first-order valence-corrected chi connectivity index (χ1v) is 7.04. The Kier molecular flexibility index (Phi) is 5.74. The topological polar surface area (TPSA) is 58.3 Å². The Morgan fingerprint density at radius 2 is 1.40 bits per heavy atom. The summed E-state index contributed by atoms with van der Waals surface area (Å²) in [6.07, 6.45) is 0.235. The van der Waals surface area contributed by atoms with Crippen molar-refractivity contribution < 1.29 is 5.11 Å². The molecule has 0 aliphatic rings. The summed E-state index contributed by atoms with van der Waals surface area (Å²) in [6.45, 7) is 1.34. The molecule has 0 saturated heterocycles. The zero-order valence-electron chi connectivity index (χ0n) is 11.6. The van der Waals surface area contributed by atoms with Gasteiger partial charge in [-0.3, -0.25) is 5.32 Å². The molecule has 0 fully saturated rings. The molecule has 0 aromatic heterocycles. The van der Waals surface area contributed by atoms with Crippen LogP contribution in [0.3, 0.4) is 0 Å². The summed E-state index contributed by atoms with van der Waals surface area (Å²) in [5.41, 5.74) is 7.70. The minimum atomic E-state index is -0.619. The van der Waals surface area contributed by atoms with Gasteiger partial charge in [-0.25, -0.2) is 0 Å². The van der Waals surface area contributed by atoms with Crippen LogP contribution in [0.5, 0.6) is 0 Å². The molecule has 2 rings (SSSR count). The lowest BCUT2D eigenvalue weighted by Crippen LogP contribution is -2.36. The predicted molar refractivity (Wildman–Crippen MR) is 82.4 cm³/mol. The summed E-state index contributed by atoms with van der Waals surface area (Å²) in [7, 11) is 0. The zero-order chi connectivity index (χ0) is 14.2. The second-order valence-corrected chi connectivity index (χ2v) is 4.84. The molecule has 4 N–H and O–H groups in total. The Labute approximate surface area is 120 Å². The van der Waals surface area contributed by atoms with Crippen molar-refractivity contribution in [2.24, 2.45) is 5.73 Å². The lowest BCUT2D eigenvalue weighted by Gasteiger charge is -2.25. The van der Waals surface area contributed by atoms with Crippen LogP contribution in [0.25, 0.3) is 0 Å². The number of hydrogen-bond donors (Lipinski definition) is 3. The van der Waals surface area contributed by atoms with Crippen LogP contribution in [0.1, 0.15) is 23.5 Å². The lowest BCUT2D eigenvalue weighted by atomic mass is 9.89. The first-order chi connectivity index (χ1) is 9.83. The van der Waals surface area contributed by atoms with E-state index < -0.39 is 6.23 Å². The highest BCUT2D eigenvalue weighted by Crippen LogP contribution is 2.26. The van der Waals surface area contributed by atoms with E-state index in [0.29, 0.717) is 13.1 Å². The highest BCUT2D eigenvalue weighted by atomic mass is 16.3. The Morgan fingerprint density at radius 3 is 1.85 bits per heavy atom. The quantitative estimate of drug-likeness (QED) is 0.533. The van der Waals surface area contributed by atoms with Crippen molar-refractivity contribution in [3.63, 3.8) is 0 Å². The maximum Gasteiger partial charge on any atom is 0.115 e. The number of hydrogen-bond acceptors (Lipinski definition) is 3. The van der Waals surface area contributed by atoms with Crippen LogP contribution >= 0.6 is 0 Å². The third kappa shape index (κ3) is 3.90. The number of nitrogens with two attached hydrogens (primary N) is 1. The van der Waals surface area contributed by atoms with E-state index in [1.54, 1.807) is 0 Å². The molecule has 0 saturated carbocycles. The van der Waals surface area contributed by atoms with E-state index in [1.165, 1.54) is 0 Å². The average molecular weight is 270 g/mol. The second-order valence-electron chi connectivity index (χ2n) is 4.84. The van der Waals surface area contributed by atoms with E-state index >= 15 is 0 Å². The monoisotopic (exact) mass is 270 g/mol.